The van der Waals surface area contributed by atoms with Gasteiger partial charge in [-0.3, -0.25) is 4.99 Å². The third-order valence-electron chi connectivity index (χ3n) is 8.65. The van der Waals surface area contributed by atoms with Crippen molar-refractivity contribution in [2.75, 3.05) is 30.8 Å². The van der Waals surface area contributed by atoms with Crippen molar-refractivity contribution in [3.05, 3.63) is 112 Å². The molecule has 13 nitrogen and oxygen atoms in total. The van der Waals surface area contributed by atoms with E-state index in [4.69, 9.17) is 26.8 Å². The number of nitrogen functional groups attached to an aromatic ring is 1. The maximum absolute atomic E-state index is 12.5. The van der Waals surface area contributed by atoms with Crippen LogP contribution in [0.2, 0.25) is 0 Å². The van der Waals surface area contributed by atoms with Crippen molar-refractivity contribution in [2.45, 2.75) is 32.4 Å². The molecule has 0 unspecified atom stereocenters. The number of aromatic amines is 1. The second-order valence-corrected chi connectivity index (χ2v) is 13.5. The number of nitrogens with zero attached hydrogens (tertiary/aromatic N) is 7. The van der Waals surface area contributed by atoms with Crippen molar-refractivity contribution in [3.8, 4) is 5.88 Å². The van der Waals surface area contributed by atoms with E-state index in [1.54, 1.807) is 0 Å². The Hall–Kier alpha value is -6.33. The second kappa shape index (κ2) is 13.9. The molecule has 4 N–H and O–H groups in total. The lowest BCUT2D eigenvalue weighted by Gasteiger charge is -2.24. The molecule has 0 spiro atoms. The molecule has 1 amide bonds. The zero-order chi connectivity index (χ0) is 35.5. The third-order valence-corrected chi connectivity index (χ3v) is 9.71. The summed E-state index contributed by atoms with van der Waals surface area (Å²) in [5, 5.41) is 3.49. The van der Waals surface area contributed by atoms with E-state index in [2.05, 4.69) is 55.0 Å². The molecule has 0 radical (unpaired) electrons. The Bertz CT molecular complexity index is 2320. The molecule has 0 saturated heterocycles. The van der Waals surface area contributed by atoms with Crippen LogP contribution in [0.5, 0.6) is 5.88 Å². The van der Waals surface area contributed by atoms with Crippen LogP contribution in [0.3, 0.4) is 0 Å². The summed E-state index contributed by atoms with van der Waals surface area (Å²) in [5.74, 6) is 0.419. The van der Waals surface area contributed by atoms with Crippen LogP contribution in [-0.2, 0) is 23.3 Å². The predicted molar refractivity (Wildman–Crippen MR) is 199 cm³/mol. The Morgan fingerprint density at radius 3 is 2.71 bits per heavy atom. The van der Waals surface area contributed by atoms with Crippen molar-refractivity contribution >= 4 is 67.5 Å². The highest BCUT2D eigenvalue weighted by atomic mass is 32.1. The van der Waals surface area contributed by atoms with Crippen LogP contribution in [0.4, 0.5) is 22.1 Å². The standard InChI is InChI=1S/C37H34N10O3S/c1-37(2)25-17-24(13-14-26(25)43-30(37)18-28(39-3)34-44-27-7-5-6-8-29(27)51-34)47(4)15-16-49-36(48)40-19-22-9-11-23(12-10-22)20-50-33-31-32(42-21-41-31)45-35(38)46-33/h5-14,17-18,21H,15-16,19-20H2,1-2,4H3,(H,40,48)(H3,38,41,42,45,46)/b28-18-. The number of nitrogens with one attached hydrogen (secondary N) is 2. The van der Waals surface area contributed by atoms with Crippen molar-refractivity contribution in [1.29, 1.82) is 0 Å². The minimum atomic E-state index is -0.496. The highest BCUT2D eigenvalue weighted by Crippen LogP contribution is 2.43. The van der Waals surface area contributed by atoms with E-state index in [9.17, 15) is 4.79 Å². The first-order valence-electron chi connectivity index (χ1n) is 16.2. The summed E-state index contributed by atoms with van der Waals surface area (Å²) in [5.41, 5.74) is 13.3. The number of ether oxygens (including phenoxy) is 2. The topological polar surface area (TPSA) is 161 Å². The van der Waals surface area contributed by atoms with Crippen LogP contribution >= 0.6 is 11.3 Å². The molecule has 0 saturated carbocycles. The molecule has 7 rings (SSSR count). The van der Waals surface area contributed by atoms with Gasteiger partial charge in [0.2, 0.25) is 17.5 Å². The zero-order valence-electron chi connectivity index (χ0n) is 28.2. The highest BCUT2D eigenvalue weighted by molar-refractivity contribution is 7.19. The van der Waals surface area contributed by atoms with Crippen LogP contribution in [0.1, 0.15) is 35.5 Å². The Labute approximate surface area is 297 Å². The third kappa shape index (κ3) is 7.06. The Balaban J connectivity index is 0.889. The number of H-pyrrole nitrogens is 1. The largest absolute Gasteiger partial charge is 0.471 e. The van der Waals surface area contributed by atoms with Crippen LogP contribution in [0.25, 0.3) is 31.9 Å². The van der Waals surface area contributed by atoms with E-state index in [0.717, 1.165) is 44.0 Å². The molecule has 0 atom stereocenters. The molecular weight excluding hydrogens is 665 g/mol. The zero-order valence-corrected chi connectivity index (χ0v) is 29.0. The van der Waals surface area contributed by atoms with E-state index < -0.39 is 11.5 Å². The first-order chi connectivity index (χ1) is 24.7. The fourth-order valence-electron chi connectivity index (χ4n) is 5.69. The molecular formula is C37H34N10O3S. The molecule has 3 aromatic carbocycles. The number of hydrogen-bond acceptors (Lipinski definition) is 11. The number of rotatable bonds is 11. The number of anilines is 2. The first kappa shape index (κ1) is 33.2. The summed E-state index contributed by atoms with van der Waals surface area (Å²) in [4.78, 5) is 43.1. The first-order valence-corrected chi connectivity index (χ1v) is 17.0. The van der Waals surface area contributed by atoms with Crippen molar-refractivity contribution < 1.29 is 14.3 Å². The van der Waals surface area contributed by atoms with Gasteiger partial charge in [0.15, 0.2) is 5.65 Å². The minimum Gasteiger partial charge on any atom is -0.471 e. The lowest BCUT2D eigenvalue weighted by molar-refractivity contribution is 0.148. The van der Waals surface area contributed by atoms with Crippen molar-refractivity contribution in [1.82, 2.24) is 30.2 Å². The van der Waals surface area contributed by atoms with Gasteiger partial charge in [0.25, 0.3) is 0 Å². The molecule has 4 heterocycles. The molecule has 0 bridgehead atoms. The summed E-state index contributed by atoms with van der Waals surface area (Å²) in [7, 11) is 1.96. The van der Waals surface area contributed by atoms with Crippen molar-refractivity contribution in [2.24, 2.45) is 4.99 Å². The number of aromatic nitrogens is 5. The van der Waals surface area contributed by atoms with E-state index in [-0.39, 0.29) is 19.2 Å². The highest BCUT2D eigenvalue weighted by Gasteiger charge is 2.34. The molecule has 1 aliphatic heterocycles. The Morgan fingerprint density at radius 2 is 1.90 bits per heavy atom. The number of likely N-dealkylation sites (N-methyl/N-ethyl adjacent to an activating group) is 1. The van der Waals surface area contributed by atoms with Gasteiger partial charge in [-0.2, -0.15) is 9.97 Å². The number of carbonyl (C=O) groups excluding carboxylic acids is 1. The number of aliphatic imine (C=N–C) groups is 1. The number of alkyl carbamates (subject to hydrolysis) is 1. The molecule has 1 aliphatic rings. The Kier molecular flexibility index (Phi) is 9.03. The molecule has 6 aromatic rings. The molecule has 51 heavy (non-hydrogen) atoms. The summed E-state index contributed by atoms with van der Waals surface area (Å²) in [6, 6.07) is 21.7. The van der Waals surface area contributed by atoms with Gasteiger partial charge in [-0.05, 0) is 53.1 Å². The second-order valence-electron chi connectivity index (χ2n) is 12.5. The normalized spacial score (nSPS) is 13.5. The number of allylic oxidation sites excluding steroid dienone is 1. The Morgan fingerprint density at radius 1 is 1.10 bits per heavy atom. The number of imidazole rings is 1. The van der Waals surface area contributed by atoms with Gasteiger partial charge in [-0.15, -0.1) is 11.3 Å². The van der Waals surface area contributed by atoms with E-state index in [0.29, 0.717) is 40.8 Å². The summed E-state index contributed by atoms with van der Waals surface area (Å²) in [6.07, 6.45) is 2.88. The average Bonchev–Trinajstić information content (AvgIpc) is 3.84. The smallest absolute Gasteiger partial charge is 0.407 e. The fraction of sp³-hybridized carbons (Fsp3) is 0.216. The van der Waals surface area contributed by atoms with Crippen LogP contribution in [0.15, 0.2) is 84.1 Å². The molecule has 0 aliphatic carbocycles. The maximum Gasteiger partial charge on any atom is 0.407 e. The lowest BCUT2D eigenvalue weighted by atomic mass is 9.81. The van der Waals surface area contributed by atoms with Gasteiger partial charge in [-0.25, -0.2) is 19.6 Å². The van der Waals surface area contributed by atoms with Gasteiger partial charge in [0.05, 0.1) is 35.3 Å². The van der Waals surface area contributed by atoms with Gasteiger partial charge in [0, 0.05) is 30.4 Å². The fourth-order valence-corrected chi connectivity index (χ4v) is 6.62. The van der Waals surface area contributed by atoms with Gasteiger partial charge in [0.1, 0.15) is 23.7 Å². The predicted octanol–water partition coefficient (Wildman–Crippen LogP) is 6.81. The summed E-state index contributed by atoms with van der Waals surface area (Å²) >= 11 is 1.51. The average molecular weight is 699 g/mol. The summed E-state index contributed by atoms with van der Waals surface area (Å²) in [6.45, 7) is 13.4. The summed E-state index contributed by atoms with van der Waals surface area (Å²) < 4.78 is 12.4. The number of fused-ring (bicyclic) bond motifs is 3. The van der Waals surface area contributed by atoms with E-state index in [1.165, 1.54) is 17.7 Å². The van der Waals surface area contributed by atoms with Crippen LogP contribution < -0.4 is 20.7 Å². The number of nitrogens with two attached hydrogens (primary N) is 1. The molecule has 3 aromatic heterocycles. The number of carbonyl (C=O) groups is 1. The van der Waals surface area contributed by atoms with Gasteiger partial charge < -0.3 is 30.4 Å². The molecule has 256 valence electrons. The minimum absolute atomic E-state index is 0.0873. The number of benzene rings is 3. The SMILES string of the molecule is [C-]#[N+]/C(=C\C1=Nc2ccc(N(C)CCOC(=O)NCc3ccc(COc4nc(N)nc5nc[nH]c45)cc3)cc2C1(C)C)c1nc2ccccc2s1. The van der Waals surface area contributed by atoms with E-state index in [1.807, 2.05) is 78.7 Å². The van der Waals surface area contributed by atoms with Crippen LogP contribution in [0, 0.1) is 6.57 Å². The monoisotopic (exact) mass is 698 g/mol. The van der Waals surface area contributed by atoms with Crippen molar-refractivity contribution in [3.63, 3.8) is 0 Å². The number of hydrogen-bond donors (Lipinski definition) is 3. The number of para-hydroxylation sites is 1. The molecule has 14 heteroatoms. The number of thiazole rings is 1. The van der Waals surface area contributed by atoms with Gasteiger partial charge >= 0.3 is 6.09 Å². The van der Waals surface area contributed by atoms with Gasteiger partial charge in [-0.1, -0.05) is 50.2 Å². The number of amides is 1. The lowest BCUT2D eigenvalue weighted by Crippen LogP contribution is -2.29. The maximum atomic E-state index is 12.5. The van der Waals surface area contributed by atoms with E-state index >= 15 is 0 Å². The van der Waals surface area contributed by atoms with Crippen LogP contribution in [-0.4, -0.2) is 56.9 Å². The quantitative estimate of drug-likeness (QED) is 0.124. The molecule has 0 fully saturated rings.